The number of carbonyl (C=O) groups excluding carboxylic acids is 2. The average molecular weight is 427 g/mol. The fourth-order valence-electron chi connectivity index (χ4n) is 3.00. The van der Waals surface area contributed by atoms with E-state index in [4.69, 9.17) is 0 Å². The number of hydrogen-bond acceptors (Lipinski definition) is 6. The Morgan fingerprint density at radius 2 is 1.93 bits per heavy atom. The van der Waals surface area contributed by atoms with Gasteiger partial charge in [-0.05, 0) is 48.4 Å². The summed E-state index contributed by atoms with van der Waals surface area (Å²) in [6.45, 7) is 4.17. The second-order valence-corrected chi connectivity index (χ2v) is 9.45. The molecule has 2 aromatic heterocycles. The van der Waals surface area contributed by atoms with Gasteiger partial charge in [0.25, 0.3) is 11.8 Å². The Hall–Kier alpha value is -2.58. The highest BCUT2D eigenvalue weighted by molar-refractivity contribution is 7.13. The summed E-state index contributed by atoms with van der Waals surface area (Å²) in [7, 11) is 0. The van der Waals surface area contributed by atoms with Crippen LogP contribution in [0.25, 0.3) is 0 Å². The maximum absolute atomic E-state index is 12.8. The third kappa shape index (κ3) is 4.71. The molecule has 4 rings (SSSR count). The van der Waals surface area contributed by atoms with Crippen molar-refractivity contribution in [1.29, 1.82) is 0 Å². The molecule has 0 saturated heterocycles. The molecule has 0 unspecified atom stereocenters. The summed E-state index contributed by atoms with van der Waals surface area (Å²) in [5.74, 6) is 0.266. The predicted octanol–water partition coefficient (Wildman–Crippen LogP) is 4.86. The molecular weight excluding hydrogens is 404 g/mol. The number of benzene rings is 1. The molecule has 8 heteroatoms. The van der Waals surface area contributed by atoms with Gasteiger partial charge in [-0.15, -0.1) is 21.5 Å². The number of nitrogens with zero attached hydrogens (tertiary/aromatic N) is 2. The first-order valence-electron chi connectivity index (χ1n) is 9.60. The van der Waals surface area contributed by atoms with Gasteiger partial charge in [-0.1, -0.05) is 37.3 Å². The summed E-state index contributed by atoms with van der Waals surface area (Å²) in [5, 5.41) is 17.3. The minimum absolute atomic E-state index is 0.0528. The number of anilines is 1. The van der Waals surface area contributed by atoms with Crippen LogP contribution in [0.3, 0.4) is 0 Å². The maximum Gasteiger partial charge on any atom is 0.286 e. The minimum atomic E-state index is -0.300. The van der Waals surface area contributed by atoms with Crippen molar-refractivity contribution in [1.82, 2.24) is 15.5 Å². The average Bonchev–Trinajstić information content (AvgIpc) is 3.19. The fraction of sp³-hybridized carbons (Fsp3) is 0.333. The van der Waals surface area contributed by atoms with Crippen molar-refractivity contribution in [2.75, 3.05) is 5.32 Å². The van der Waals surface area contributed by atoms with Crippen LogP contribution in [0.1, 0.15) is 68.7 Å². The van der Waals surface area contributed by atoms with E-state index in [0.717, 1.165) is 22.7 Å². The van der Waals surface area contributed by atoms with E-state index in [1.54, 1.807) is 35.6 Å². The highest BCUT2D eigenvalue weighted by atomic mass is 32.1. The molecule has 1 aliphatic carbocycles. The summed E-state index contributed by atoms with van der Waals surface area (Å²) >= 11 is 2.97. The second-order valence-electron chi connectivity index (χ2n) is 7.47. The van der Waals surface area contributed by atoms with E-state index >= 15 is 0 Å². The summed E-state index contributed by atoms with van der Waals surface area (Å²) in [5.41, 5.74) is 1.06. The molecule has 150 valence electrons. The van der Waals surface area contributed by atoms with Gasteiger partial charge >= 0.3 is 0 Å². The predicted molar refractivity (Wildman–Crippen MR) is 116 cm³/mol. The van der Waals surface area contributed by atoms with Gasteiger partial charge in [0.1, 0.15) is 5.01 Å². The normalized spacial score (nSPS) is 14.6. The summed E-state index contributed by atoms with van der Waals surface area (Å²) in [4.78, 5) is 26.4. The Morgan fingerprint density at radius 1 is 1.10 bits per heavy atom. The molecule has 1 aliphatic rings. The SMILES string of the molecule is CC(C)[C@H](NC(=O)c1cccc(NC(=O)c2nnc(C3CC3)s2)c1)c1cccs1. The molecule has 1 atom stereocenters. The molecule has 1 aromatic carbocycles. The fourth-order valence-corrected chi connectivity index (χ4v) is 4.86. The summed E-state index contributed by atoms with van der Waals surface area (Å²) in [6, 6.07) is 10.9. The lowest BCUT2D eigenvalue weighted by molar-refractivity contribution is 0.0925. The Balaban J connectivity index is 1.44. The largest absolute Gasteiger partial charge is 0.344 e. The van der Waals surface area contributed by atoms with E-state index in [2.05, 4.69) is 34.7 Å². The molecule has 29 heavy (non-hydrogen) atoms. The Morgan fingerprint density at radius 3 is 2.62 bits per heavy atom. The third-order valence-corrected chi connectivity index (χ3v) is 6.79. The van der Waals surface area contributed by atoms with Crippen LogP contribution in [-0.2, 0) is 0 Å². The van der Waals surface area contributed by atoms with E-state index in [9.17, 15) is 9.59 Å². The molecule has 2 N–H and O–H groups in total. The molecule has 3 aromatic rings. The van der Waals surface area contributed by atoms with Crippen LogP contribution < -0.4 is 10.6 Å². The van der Waals surface area contributed by atoms with E-state index in [1.165, 1.54) is 11.3 Å². The van der Waals surface area contributed by atoms with Crippen LogP contribution in [0.2, 0.25) is 0 Å². The number of hydrogen-bond donors (Lipinski definition) is 2. The van der Waals surface area contributed by atoms with Crippen molar-refractivity contribution in [2.24, 2.45) is 5.92 Å². The van der Waals surface area contributed by atoms with E-state index in [0.29, 0.717) is 22.2 Å². The van der Waals surface area contributed by atoms with Crippen molar-refractivity contribution in [3.05, 3.63) is 62.2 Å². The van der Waals surface area contributed by atoms with Gasteiger partial charge in [0.15, 0.2) is 0 Å². The number of amides is 2. The van der Waals surface area contributed by atoms with Gasteiger partial charge in [-0.2, -0.15) is 0 Å². The first kappa shape index (κ1) is 19.7. The van der Waals surface area contributed by atoms with Gasteiger partial charge in [0, 0.05) is 22.0 Å². The van der Waals surface area contributed by atoms with Crippen molar-refractivity contribution in [3.8, 4) is 0 Å². The van der Waals surface area contributed by atoms with E-state index in [1.807, 2.05) is 17.5 Å². The van der Waals surface area contributed by atoms with E-state index in [-0.39, 0.29) is 23.8 Å². The van der Waals surface area contributed by atoms with Crippen molar-refractivity contribution in [3.63, 3.8) is 0 Å². The van der Waals surface area contributed by atoms with Crippen LogP contribution in [0.5, 0.6) is 0 Å². The molecule has 0 bridgehead atoms. The number of aromatic nitrogens is 2. The van der Waals surface area contributed by atoms with Gasteiger partial charge < -0.3 is 10.6 Å². The number of carbonyl (C=O) groups is 2. The lowest BCUT2D eigenvalue weighted by Gasteiger charge is -2.21. The Labute approximate surface area is 177 Å². The van der Waals surface area contributed by atoms with Crippen LogP contribution >= 0.6 is 22.7 Å². The van der Waals surface area contributed by atoms with Crippen LogP contribution in [-0.4, -0.2) is 22.0 Å². The smallest absolute Gasteiger partial charge is 0.286 e. The van der Waals surface area contributed by atoms with Crippen molar-refractivity contribution < 1.29 is 9.59 Å². The number of rotatable bonds is 7. The number of nitrogens with one attached hydrogen (secondary N) is 2. The second kappa shape index (κ2) is 8.42. The van der Waals surface area contributed by atoms with Gasteiger partial charge in [-0.25, -0.2) is 0 Å². The van der Waals surface area contributed by atoms with E-state index < -0.39 is 0 Å². The van der Waals surface area contributed by atoms with Gasteiger partial charge in [-0.3, -0.25) is 9.59 Å². The standard InChI is InChI=1S/C21H22N4O2S2/c1-12(2)17(16-7-4-10-28-16)23-18(26)14-5-3-6-15(11-14)22-19(27)21-25-24-20(29-21)13-8-9-13/h3-7,10-13,17H,8-9H2,1-2H3,(H,22,27)(H,23,26)/t17-/m0/s1. The molecule has 6 nitrogen and oxygen atoms in total. The third-order valence-electron chi connectivity index (χ3n) is 4.75. The summed E-state index contributed by atoms with van der Waals surface area (Å²) < 4.78 is 0. The van der Waals surface area contributed by atoms with Gasteiger partial charge in [0.2, 0.25) is 5.01 Å². The Bertz CT molecular complexity index is 1010. The number of thiophene rings is 1. The zero-order valence-electron chi connectivity index (χ0n) is 16.2. The summed E-state index contributed by atoms with van der Waals surface area (Å²) in [6.07, 6.45) is 2.24. The molecule has 0 radical (unpaired) electrons. The lowest BCUT2D eigenvalue weighted by Crippen LogP contribution is -2.31. The maximum atomic E-state index is 12.8. The topological polar surface area (TPSA) is 84.0 Å². The van der Waals surface area contributed by atoms with Crippen molar-refractivity contribution in [2.45, 2.75) is 38.6 Å². The lowest BCUT2D eigenvalue weighted by atomic mass is 10.0. The molecule has 0 aliphatic heterocycles. The molecule has 0 spiro atoms. The molecule has 1 saturated carbocycles. The van der Waals surface area contributed by atoms with Gasteiger partial charge in [0.05, 0.1) is 6.04 Å². The van der Waals surface area contributed by atoms with Crippen LogP contribution in [0.15, 0.2) is 41.8 Å². The van der Waals surface area contributed by atoms with Crippen LogP contribution in [0.4, 0.5) is 5.69 Å². The van der Waals surface area contributed by atoms with Crippen molar-refractivity contribution >= 4 is 40.2 Å². The highest BCUT2D eigenvalue weighted by Gasteiger charge is 2.28. The quantitative estimate of drug-likeness (QED) is 0.565. The van der Waals surface area contributed by atoms with Crippen LogP contribution in [0, 0.1) is 5.92 Å². The molecule has 2 heterocycles. The molecule has 1 fully saturated rings. The zero-order chi connectivity index (χ0) is 20.4. The first-order valence-corrected chi connectivity index (χ1v) is 11.3. The molecular formula is C21H22N4O2S2. The first-order chi connectivity index (χ1) is 14.0. The zero-order valence-corrected chi connectivity index (χ0v) is 17.8. The monoisotopic (exact) mass is 426 g/mol. The minimum Gasteiger partial charge on any atom is -0.344 e. The highest BCUT2D eigenvalue weighted by Crippen LogP contribution is 2.41. The molecule has 2 amide bonds. The Kier molecular flexibility index (Phi) is 5.73.